The maximum atomic E-state index is 11.6. The highest BCUT2D eigenvalue weighted by atomic mass is 32.2. The van der Waals surface area contributed by atoms with E-state index in [1.807, 2.05) is 0 Å². The number of hydrogen-bond donors (Lipinski definition) is 1. The highest BCUT2D eigenvalue weighted by Gasteiger charge is 2.26. The van der Waals surface area contributed by atoms with Crippen LogP contribution in [0.15, 0.2) is 0 Å². The summed E-state index contributed by atoms with van der Waals surface area (Å²) in [6.45, 7) is 11.3. The van der Waals surface area contributed by atoms with Crippen molar-refractivity contribution in [3.8, 4) is 0 Å². The van der Waals surface area contributed by atoms with Gasteiger partial charge in [0.15, 0.2) is 0 Å². The maximum Gasteiger partial charge on any atom is 0.211 e. The number of piperidine rings is 1. The highest BCUT2D eigenvalue weighted by Crippen LogP contribution is 2.25. The molecule has 0 bridgehead atoms. The SMILES string of the molecule is CC(CCNC(C)(C)C)CC1CCCN(S(C)(=O)=O)C1. The average Bonchev–Trinajstić information content (AvgIpc) is 2.26. The molecule has 120 valence electrons. The number of sulfonamides is 1. The van der Waals surface area contributed by atoms with Crippen LogP contribution in [-0.4, -0.2) is 44.2 Å². The molecule has 0 spiro atoms. The van der Waals surface area contributed by atoms with E-state index in [2.05, 4.69) is 33.0 Å². The van der Waals surface area contributed by atoms with Crippen molar-refractivity contribution in [3.05, 3.63) is 0 Å². The van der Waals surface area contributed by atoms with Crippen LogP contribution in [0.1, 0.15) is 53.4 Å². The molecular weight excluding hydrogens is 272 g/mol. The number of nitrogens with zero attached hydrogens (tertiary/aromatic N) is 1. The van der Waals surface area contributed by atoms with Gasteiger partial charge in [0.25, 0.3) is 0 Å². The summed E-state index contributed by atoms with van der Waals surface area (Å²) in [6.07, 6.45) is 5.80. The summed E-state index contributed by atoms with van der Waals surface area (Å²) in [6, 6.07) is 0. The fourth-order valence-corrected chi connectivity index (χ4v) is 3.84. The van der Waals surface area contributed by atoms with Crippen LogP contribution in [0.3, 0.4) is 0 Å². The quantitative estimate of drug-likeness (QED) is 0.820. The lowest BCUT2D eigenvalue weighted by atomic mass is 9.88. The van der Waals surface area contributed by atoms with Crippen molar-refractivity contribution in [2.45, 2.75) is 58.9 Å². The van der Waals surface area contributed by atoms with E-state index >= 15 is 0 Å². The van der Waals surface area contributed by atoms with Crippen LogP contribution in [0, 0.1) is 11.8 Å². The largest absolute Gasteiger partial charge is 0.312 e. The third-order valence-electron chi connectivity index (χ3n) is 3.98. The Labute approximate surface area is 125 Å². The monoisotopic (exact) mass is 304 g/mol. The van der Waals surface area contributed by atoms with Crippen LogP contribution in [0.5, 0.6) is 0 Å². The third-order valence-corrected chi connectivity index (χ3v) is 5.25. The van der Waals surface area contributed by atoms with Crippen LogP contribution < -0.4 is 5.32 Å². The number of rotatable bonds is 6. The Bertz CT molecular complexity index is 387. The van der Waals surface area contributed by atoms with Gasteiger partial charge in [-0.2, -0.15) is 0 Å². The van der Waals surface area contributed by atoms with E-state index in [4.69, 9.17) is 0 Å². The third kappa shape index (κ3) is 7.04. The van der Waals surface area contributed by atoms with Crippen molar-refractivity contribution in [3.63, 3.8) is 0 Å². The molecule has 1 aliphatic rings. The summed E-state index contributed by atoms with van der Waals surface area (Å²) >= 11 is 0. The molecule has 1 fully saturated rings. The van der Waals surface area contributed by atoms with Crippen LogP contribution in [0.4, 0.5) is 0 Å². The van der Waals surface area contributed by atoms with Gasteiger partial charge in [-0.15, -0.1) is 0 Å². The topological polar surface area (TPSA) is 49.4 Å². The van der Waals surface area contributed by atoms with Crippen molar-refractivity contribution < 1.29 is 8.42 Å². The maximum absolute atomic E-state index is 11.6. The summed E-state index contributed by atoms with van der Waals surface area (Å²) < 4.78 is 24.9. The summed E-state index contributed by atoms with van der Waals surface area (Å²) in [4.78, 5) is 0. The Morgan fingerprint density at radius 1 is 1.35 bits per heavy atom. The molecule has 4 nitrogen and oxygen atoms in total. The molecule has 20 heavy (non-hydrogen) atoms. The molecule has 1 heterocycles. The lowest BCUT2D eigenvalue weighted by molar-refractivity contribution is 0.229. The van der Waals surface area contributed by atoms with E-state index in [0.29, 0.717) is 18.4 Å². The molecule has 0 aromatic rings. The average molecular weight is 304 g/mol. The Kier molecular flexibility index (Phi) is 6.48. The van der Waals surface area contributed by atoms with Gasteiger partial charge < -0.3 is 5.32 Å². The van der Waals surface area contributed by atoms with Gasteiger partial charge in [0.2, 0.25) is 10.0 Å². The second kappa shape index (κ2) is 7.23. The Balaban J connectivity index is 2.33. The zero-order valence-electron chi connectivity index (χ0n) is 13.8. The molecule has 1 saturated heterocycles. The lowest BCUT2D eigenvalue weighted by Crippen LogP contribution is -2.40. The van der Waals surface area contributed by atoms with Gasteiger partial charge in [-0.05, 0) is 64.8 Å². The summed E-state index contributed by atoms with van der Waals surface area (Å²) in [5, 5.41) is 3.52. The molecule has 0 aromatic heterocycles. The lowest BCUT2D eigenvalue weighted by Gasteiger charge is -2.32. The van der Waals surface area contributed by atoms with E-state index in [9.17, 15) is 8.42 Å². The zero-order chi connectivity index (χ0) is 15.4. The first kappa shape index (κ1) is 17.9. The molecule has 1 aliphatic heterocycles. The van der Waals surface area contributed by atoms with Crippen molar-refractivity contribution in [1.29, 1.82) is 0 Å². The summed E-state index contributed by atoms with van der Waals surface area (Å²) in [5.74, 6) is 1.18. The van der Waals surface area contributed by atoms with Crippen molar-refractivity contribution in [2.24, 2.45) is 11.8 Å². The Hall–Kier alpha value is -0.130. The van der Waals surface area contributed by atoms with Gasteiger partial charge in [-0.1, -0.05) is 6.92 Å². The first-order valence-corrected chi connectivity index (χ1v) is 9.63. The fraction of sp³-hybridized carbons (Fsp3) is 1.00. The summed E-state index contributed by atoms with van der Waals surface area (Å²) in [7, 11) is -3.01. The van der Waals surface area contributed by atoms with Gasteiger partial charge in [0, 0.05) is 18.6 Å². The van der Waals surface area contributed by atoms with Crippen molar-refractivity contribution >= 4 is 10.0 Å². The minimum Gasteiger partial charge on any atom is -0.312 e. The van der Waals surface area contributed by atoms with Gasteiger partial charge >= 0.3 is 0 Å². The second-order valence-corrected chi connectivity index (χ2v) is 9.42. The second-order valence-electron chi connectivity index (χ2n) is 7.44. The first-order chi connectivity index (χ1) is 9.08. The van der Waals surface area contributed by atoms with Gasteiger partial charge in [-0.25, -0.2) is 12.7 Å². The van der Waals surface area contributed by atoms with Crippen LogP contribution in [0.25, 0.3) is 0 Å². The molecule has 1 N–H and O–H groups in total. The minimum absolute atomic E-state index is 0.178. The van der Waals surface area contributed by atoms with E-state index in [1.54, 1.807) is 4.31 Å². The van der Waals surface area contributed by atoms with E-state index in [1.165, 1.54) is 12.7 Å². The molecule has 5 heteroatoms. The van der Waals surface area contributed by atoms with E-state index < -0.39 is 10.0 Å². The number of hydrogen-bond acceptors (Lipinski definition) is 3. The summed E-state index contributed by atoms with van der Waals surface area (Å²) in [5.41, 5.74) is 0.178. The predicted octanol–water partition coefficient (Wildman–Crippen LogP) is 2.46. The van der Waals surface area contributed by atoms with Crippen LogP contribution in [-0.2, 0) is 10.0 Å². The first-order valence-electron chi connectivity index (χ1n) is 7.78. The fourth-order valence-electron chi connectivity index (χ4n) is 2.90. The van der Waals surface area contributed by atoms with E-state index in [0.717, 1.165) is 32.4 Å². The molecule has 1 rings (SSSR count). The van der Waals surface area contributed by atoms with Crippen molar-refractivity contribution in [1.82, 2.24) is 9.62 Å². The van der Waals surface area contributed by atoms with Crippen LogP contribution >= 0.6 is 0 Å². The molecule has 0 aliphatic carbocycles. The Morgan fingerprint density at radius 3 is 2.55 bits per heavy atom. The van der Waals surface area contributed by atoms with Gasteiger partial charge in [-0.3, -0.25) is 0 Å². The van der Waals surface area contributed by atoms with Gasteiger partial charge in [0.1, 0.15) is 0 Å². The minimum atomic E-state index is -3.01. The molecular formula is C15H32N2O2S. The predicted molar refractivity (Wildman–Crippen MR) is 85.3 cm³/mol. The molecule has 0 radical (unpaired) electrons. The Morgan fingerprint density at radius 2 is 2.00 bits per heavy atom. The molecule has 0 aromatic carbocycles. The number of nitrogens with one attached hydrogen (secondary N) is 1. The van der Waals surface area contributed by atoms with Crippen molar-refractivity contribution in [2.75, 3.05) is 25.9 Å². The normalized spacial score (nSPS) is 23.8. The zero-order valence-corrected chi connectivity index (χ0v) is 14.6. The molecule has 0 saturated carbocycles. The molecule has 2 unspecified atom stereocenters. The van der Waals surface area contributed by atoms with E-state index in [-0.39, 0.29) is 5.54 Å². The van der Waals surface area contributed by atoms with Gasteiger partial charge in [0.05, 0.1) is 6.26 Å². The smallest absolute Gasteiger partial charge is 0.211 e. The van der Waals surface area contributed by atoms with Crippen LogP contribution in [0.2, 0.25) is 0 Å². The standard InChI is InChI=1S/C15H32N2O2S/c1-13(8-9-16-15(2,3)4)11-14-7-6-10-17(12-14)20(5,18)19/h13-14,16H,6-12H2,1-5H3. The molecule has 2 atom stereocenters. The highest BCUT2D eigenvalue weighted by molar-refractivity contribution is 7.88. The molecule has 0 amide bonds.